The number of β-amino-alcohol motifs (C(OH)–C–C–N with tert-alkyl or cyclic N) is 1. The number of rotatable bonds is 6. The molecule has 2 unspecified atom stereocenters. The predicted octanol–water partition coefficient (Wildman–Crippen LogP) is 1.19. The maximum Gasteiger partial charge on any atom is 0.243 e. The van der Waals surface area contributed by atoms with Gasteiger partial charge in [0.05, 0.1) is 23.9 Å². The third-order valence-corrected chi connectivity index (χ3v) is 5.14. The van der Waals surface area contributed by atoms with Crippen molar-refractivity contribution in [2.24, 2.45) is 0 Å². The van der Waals surface area contributed by atoms with Gasteiger partial charge in [-0.2, -0.15) is 5.10 Å². The van der Waals surface area contributed by atoms with Crippen LogP contribution in [0.3, 0.4) is 0 Å². The van der Waals surface area contributed by atoms with Gasteiger partial charge < -0.3 is 19.8 Å². The molecule has 2 amide bonds. The molecular weight excluding hydrogens is 386 g/mol. The predicted molar refractivity (Wildman–Crippen MR) is 107 cm³/mol. The van der Waals surface area contributed by atoms with Crippen LogP contribution in [0, 0.1) is 6.92 Å². The van der Waals surface area contributed by atoms with E-state index in [2.05, 4.69) is 20.7 Å². The molecule has 1 aromatic carbocycles. The van der Waals surface area contributed by atoms with Gasteiger partial charge in [0.25, 0.3) is 0 Å². The molecule has 3 aromatic rings. The average Bonchev–Trinajstić information content (AvgIpc) is 3.48. The van der Waals surface area contributed by atoms with Gasteiger partial charge >= 0.3 is 0 Å². The molecule has 30 heavy (non-hydrogen) atoms. The second kappa shape index (κ2) is 8.50. The second-order valence-corrected chi connectivity index (χ2v) is 7.45. The molecule has 156 valence electrons. The van der Waals surface area contributed by atoms with Crippen LogP contribution < -0.4 is 5.32 Å². The van der Waals surface area contributed by atoms with Crippen LogP contribution in [0.25, 0.3) is 11.3 Å². The molecule has 9 nitrogen and oxygen atoms in total. The van der Waals surface area contributed by atoms with Crippen LogP contribution in [-0.4, -0.2) is 55.9 Å². The molecule has 0 spiro atoms. The lowest BCUT2D eigenvalue weighted by Gasteiger charge is -2.23. The molecule has 1 aliphatic rings. The van der Waals surface area contributed by atoms with Gasteiger partial charge in [0.2, 0.25) is 11.8 Å². The summed E-state index contributed by atoms with van der Waals surface area (Å²) in [5.41, 5.74) is 3.54. The molecule has 1 fully saturated rings. The van der Waals surface area contributed by atoms with Crippen molar-refractivity contribution < 1.29 is 19.2 Å². The van der Waals surface area contributed by atoms with Crippen molar-refractivity contribution in [2.45, 2.75) is 38.5 Å². The van der Waals surface area contributed by atoms with Crippen LogP contribution in [0.2, 0.25) is 0 Å². The summed E-state index contributed by atoms with van der Waals surface area (Å²) in [6.07, 6.45) is 1.18. The van der Waals surface area contributed by atoms with E-state index in [4.69, 9.17) is 4.52 Å². The number of H-pyrrole nitrogens is 1. The summed E-state index contributed by atoms with van der Waals surface area (Å²) in [7, 11) is 0. The minimum Gasteiger partial charge on any atom is -0.391 e. The third kappa shape index (κ3) is 4.41. The van der Waals surface area contributed by atoms with E-state index in [0.717, 1.165) is 16.8 Å². The van der Waals surface area contributed by atoms with Gasteiger partial charge in [-0.3, -0.25) is 14.7 Å². The number of aryl methyl sites for hydroxylation is 1. The first-order valence-electron chi connectivity index (χ1n) is 9.75. The Bertz CT molecular complexity index is 1010. The number of carbonyl (C=O) groups excluding carboxylic acids is 2. The first-order chi connectivity index (χ1) is 14.5. The minimum absolute atomic E-state index is 0.00635. The van der Waals surface area contributed by atoms with Crippen LogP contribution in [0.1, 0.15) is 23.4 Å². The van der Waals surface area contributed by atoms with E-state index >= 15 is 0 Å². The second-order valence-electron chi connectivity index (χ2n) is 7.45. The standard InChI is InChI=1S/C21H23N5O4/c1-13-8-17(30-25-13)10-20(28)26-12-16(27)9-19(26)21(29)22-11-14-2-4-15(5-3-14)18-6-7-23-24-18/h2-8,16,19,27H,9-12H2,1H3,(H,22,29)(H,23,24). The number of likely N-dealkylation sites (tertiary alicyclic amines) is 1. The molecule has 1 saturated heterocycles. The number of nitrogens with one attached hydrogen (secondary N) is 2. The Balaban J connectivity index is 1.36. The van der Waals surface area contributed by atoms with E-state index in [9.17, 15) is 14.7 Å². The smallest absolute Gasteiger partial charge is 0.243 e. The summed E-state index contributed by atoms with van der Waals surface area (Å²) < 4.78 is 5.09. The molecule has 3 heterocycles. The van der Waals surface area contributed by atoms with Crippen LogP contribution in [-0.2, 0) is 22.6 Å². The van der Waals surface area contributed by atoms with Crippen molar-refractivity contribution in [1.29, 1.82) is 0 Å². The summed E-state index contributed by atoms with van der Waals surface area (Å²) >= 11 is 0. The van der Waals surface area contributed by atoms with Crippen LogP contribution in [0.15, 0.2) is 47.1 Å². The van der Waals surface area contributed by atoms with Gasteiger partial charge in [-0.1, -0.05) is 29.4 Å². The number of hydrogen-bond donors (Lipinski definition) is 3. The lowest BCUT2D eigenvalue weighted by Crippen LogP contribution is -2.46. The van der Waals surface area contributed by atoms with Crippen LogP contribution in [0.5, 0.6) is 0 Å². The first kappa shape index (κ1) is 19.8. The third-order valence-electron chi connectivity index (χ3n) is 5.14. The number of nitrogens with zero attached hydrogens (tertiary/aromatic N) is 3. The normalized spacial score (nSPS) is 18.5. The summed E-state index contributed by atoms with van der Waals surface area (Å²) in [5, 5.41) is 23.5. The quantitative estimate of drug-likeness (QED) is 0.562. The van der Waals surface area contributed by atoms with Crippen molar-refractivity contribution in [3.05, 3.63) is 59.6 Å². The number of carbonyl (C=O) groups is 2. The van der Waals surface area contributed by atoms with Crippen LogP contribution >= 0.6 is 0 Å². The van der Waals surface area contributed by atoms with Gasteiger partial charge in [-0.15, -0.1) is 0 Å². The zero-order chi connectivity index (χ0) is 21.1. The monoisotopic (exact) mass is 409 g/mol. The first-order valence-corrected chi connectivity index (χ1v) is 9.75. The van der Waals surface area contributed by atoms with Crippen molar-refractivity contribution >= 4 is 11.8 Å². The zero-order valence-corrected chi connectivity index (χ0v) is 16.5. The van der Waals surface area contributed by atoms with Crippen molar-refractivity contribution in [3.8, 4) is 11.3 Å². The Morgan fingerprint density at radius 3 is 2.77 bits per heavy atom. The molecule has 4 rings (SSSR count). The maximum atomic E-state index is 12.7. The van der Waals surface area contributed by atoms with E-state index < -0.39 is 12.1 Å². The van der Waals surface area contributed by atoms with E-state index in [1.807, 2.05) is 30.3 Å². The molecule has 3 N–H and O–H groups in total. The maximum absolute atomic E-state index is 12.7. The minimum atomic E-state index is -0.727. The molecule has 0 aliphatic carbocycles. The molecule has 0 saturated carbocycles. The molecular formula is C21H23N5O4. The van der Waals surface area contributed by atoms with E-state index in [1.165, 1.54) is 4.90 Å². The number of benzene rings is 1. The fourth-order valence-electron chi connectivity index (χ4n) is 3.61. The zero-order valence-electron chi connectivity index (χ0n) is 16.5. The summed E-state index contributed by atoms with van der Waals surface area (Å²) in [6.45, 7) is 2.23. The lowest BCUT2D eigenvalue weighted by molar-refractivity contribution is -0.138. The molecule has 2 atom stereocenters. The van der Waals surface area contributed by atoms with Crippen molar-refractivity contribution in [2.75, 3.05) is 6.54 Å². The highest BCUT2D eigenvalue weighted by atomic mass is 16.5. The number of amides is 2. The Hall–Kier alpha value is -3.46. The Morgan fingerprint density at radius 2 is 2.10 bits per heavy atom. The van der Waals surface area contributed by atoms with Gasteiger partial charge in [0.1, 0.15) is 11.8 Å². The molecule has 0 radical (unpaired) electrons. The number of aliphatic hydroxyl groups excluding tert-OH is 1. The fraction of sp³-hybridized carbons (Fsp3) is 0.333. The molecule has 0 bridgehead atoms. The van der Waals surface area contributed by atoms with Gasteiger partial charge in [-0.25, -0.2) is 0 Å². The SMILES string of the molecule is Cc1cc(CC(=O)N2CC(O)CC2C(=O)NCc2ccc(-c3ccn[nH]3)cc2)on1. The highest BCUT2D eigenvalue weighted by Crippen LogP contribution is 2.21. The summed E-state index contributed by atoms with van der Waals surface area (Å²) in [5.74, 6) is -0.117. The van der Waals surface area contributed by atoms with Crippen LogP contribution in [0.4, 0.5) is 0 Å². The topological polar surface area (TPSA) is 124 Å². The van der Waals surface area contributed by atoms with E-state index in [0.29, 0.717) is 18.0 Å². The van der Waals surface area contributed by atoms with E-state index in [1.54, 1.807) is 19.2 Å². The average molecular weight is 409 g/mol. The Morgan fingerprint density at radius 1 is 1.30 bits per heavy atom. The van der Waals surface area contributed by atoms with Crippen molar-refractivity contribution in [3.63, 3.8) is 0 Å². The number of aromatic nitrogens is 3. The summed E-state index contributed by atoms with van der Waals surface area (Å²) in [6, 6.07) is 10.6. The van der Waals surface area contributed by atoms with Gasteiger partial charge in [0, 0.05) is 31.8 Å². The molecule has 9 heteroatoms. The lowest BCUT2D eigenvalue weighted by atomic mass is 10.1. The Labute approximate surface area is 173 Å². The number of aromatic amines is 1. The van der Waals surface area contributed by atoms with Gasteiger partial charge in [-0.05, 0) is 24.1 Å². The number of hydrogen-bond acceptors (Lipinski definition) is 6. The highest BCUT2D eigenvalue weighted by molar-refractivity contribution is 5.89. The summed E-state index contributed by atoms with van der Waals surface area (Å²) in [4.78, 5) is 26.8. The largest absolute Gasteiger partial charge is 0.391 e. The molecule has 2 aromatic heterocycles. The van der Waals surface area contributed by atoms with E-state index in [-0.39, 0.29) is 31.2 Å². The highest BCUT2D eigenvalue weighted by Gasteiger charge is 2.38. The van der Waals surface area contributed by atoms with Gasteiger partial charge in [0.15, 0.2) is 0 Å². The molecule has 1 aliphatic heterocycles. The van der Waals surface area contributed by atoms with Crippen molar-refractivity contribution in [1.82, 2.24) is 25.6 Å². The Kier molecular flexibility index (Phi) is 5.62. The fourth-order valence-corrected chi connectivity index (χ4v) is 3.61. The number of aliphatic hydroxyl groups is 1.